The van der Waals surface area contributed by atoms with Crippen molar-refractivity contribution in [1.82, 2.24) is 0 Å². The van der Waals surface area contributed by atoms with Crippen molar-refractivity contribution in [3.8, 4) is 0 Å². The summed E-state index contributed by atoms with van der Waals surface area (Å²) >= 11 is 0. The van der Waals surface area contributed by atoms with E-state index in [0.717, 1.165) is 14.2 Å². The summed E-state index contributed by atoms with van der Waals surface area (Å²) < 4.78 is 188. The molecule has 0 aromatic rings. The van der Waals surface area contributed by atoms with Gasteiger partial charge < -0.3 is 28.4 Å². The zero-order chi connectivity index (χ0) is 31.8. The summed E-state index contributed by atoms with van der Waals surface area (Å²) in [7, 11) is 1.72. The zero-order valence-corrected chi connectivity index (χ0v) is 22.5. The van der Waals surface area contributed by atoms with Crippen LogP contribution in [0.4, 0.5) is 52.7 Å². The van der Waals surface area contributed by atoms with Crippen molar-refractivity contribution < 1.29 is 81.1 Å². The van der Waals surface area contributed by atoms with Crippen molar-refractivity contribution in [3.05, 3.63) is 0 Å². The fraction of sp³-hybridized carbons (Fsp3) is 1.00. The Labute approximate surface area is 233 Å². The van der Waals surface area contributed by atoms with Gasteiger partial charge in [-0.1, -0.05) is 0 Å². The first-order valence-electron chi connectivity index (χ1n) is 12.9. The molecule has 0 radical (unpaired) electrons. The molecule has 3 aliphatic rings. The Kier molecular flexibility index (Phi) is 10.7. The normalized spacial score (nSPS) is 29.0. The van der Waals surface area contributed by atoms with E-state index in [-0.39, 0.29) is 29.6 Å². The Balaban J connectivity index is 1.58. The smallest absolute Gasteiger partial charge is 0.377 e. The van der Waals surface area contributed by atoms with Gasteiger partial charge in [0, 0.05) is 27.4 Å². The molecule has 0 N–H and O–H groups in total. The molecule has 6 atom stereocenters. The van der Waals surface area contributed by atoms with E-state index < -0.39 is 81.8 Å². The fourth-order valence-electron chi connectivity index (χ4n) is 6.76. The van der Waals surface area contributed by atoms with Crippen LogP contribution in [0.15, 0.2) is 0 Å². The molecule has 3 saturated carbocycles. The maximum absolute atomic E-state index is 13.5. The average Bonchev–Trinajstić information content (AvgIpc) is 3.52. The number of rotatable bonds is 14. The van der Waals surface area contributed by atoms with Crippen molar-refractivity contribution in [2.45, 2.75) is 61.6 Å². The fourth-order valence-corrected chi connectivity index (χ4v) is 6.76. The second-order valence-electron chi connectivity index (χ2n) is 11.1. The molecule has 0 aromatic heterocycles. The minimum absolute atomic E-state index is 0.0489. The SMILES string of the molecule is COCOC(COCC1CC2C3CC(COCC(OCOC)(C(F)(F)F)C(F)(F)F)C(C3)C2C1)(C(F)(F)F)C(F)(F)F. The third-order valence-electron chi connectivity index (χ3n) is 8.68. The minimum Gasteiger partial charge on any atom is -0.377 e. The van der Waals surface area contributed by atoms with Gasteiger partial charge in [-0.3, -0.25) is 0 Å². The van der Waals surface area contributed by atoms with Crippen LogP contribution in [0.25, 0.3) is 0 Å². The standard InChI is InChI=1S/C24H32F12O6/c1-37-11-41-19(21(25,26)27,22(28,29)30)9-39-7-13-3-16-14-5-15(17(6-14)18(16)4-13)8-40-10-20(23(31,32)33,24(34,35)36)42-12-38-2/h13-18H,3-12H2,1-2H3. The van der Waals surface area contributed by atoms with E-state index >= 15 is 0 Å². The number of ether oxygens (including phenoxy) is 6. The van der Waals surface area contributed by atoms with Gasteiger partial charge in [-0.15, -0.1) is 0 Å². The summed E-state index contributed by atoms with van der Waals surface area (Å²) in [4.78, 5) is 0. The summed E-state index contributed by atoms with van der Waals surface area (Å²) in [6, 6.07) is 0. The average molecular weight is 644 g/mol. The van der Waals surface area contributed by atoms with Gasteiger partial charge in [-0.05, 0) is 61.2 Å². The summed E-state index contributed by atoms with van der Waals surface area (Å²) in [5, 5.41) is 0. The topological polar surface area (TPSA) is 55.4 Å². The number of alkyl halides is 12. The highest BCUT2D eigenvalue weighted by Crippen LogP contribution is 2.62. The molecule has 0 heterocycles. The Morgan fingerprint density at radius 2 is 0.952 bits per heavy atom. The van der Waals surface area contributed by atoms with Crippen LogP contribution in [-0.4, -0.2) is 90.1 Å². The zero-order valence-electron chi connectivity index (χ0n) is 22.5. The highest BCUT2D eigenvalue weighted by Gasteiger charge is 2.74. The van der Waals surface area contributed by atoms with E-state index in [2.05, 4.69) is 18.9 Å². The van der Waals surface area contributed by atoms with Crippen molar-refractivity contribution >= 4 is 0 Å². The predicted molar refractivity (Wildman–Crippen MR) is 117 cm³/mol. The molecular weight excluding hydrogens is 612 g/mol. The third-order valence-corrected chi connectivity index (χ3v) is 8.68. The predicted octanol–water partition coefficient (Wildman–Crippen LogP) is 6.29. The molecule has 0 aliphatic heterocycles. The molecule has 3 fully saturated rings. The first kappa shape index (κ1) is 35.4. The van der Waals surface area contributed by atoms with Crippen LogP contribution in [0.5, 0.6) is 0 Å². The van der Waals surface area contributed by atoms with Gasteiger partial charge in [0.05, 0.1) is 13.2 Å². The summed E-state index contributed by atoms with van der Waals surface area (Å²) in [6.07, 6.45) is -21.5. The Hall–Kier alpha value is -1.08. The molecule has 0 saturated heterocycles. The highest BCUT2D eigenvalue weighted by atomic mass is 19.4. The van der Waals surface area contributed by atoms with E-state index in [1.165, 1.54) is 0 Å². The molecule has 6 unspecified atom stereocenters. The van der Waals surface area contributed by atoms with E-state index in [1.807, 2.05) is 0 Å². The lowest BCUT2D eigenvalue weighted by atomic mass is 9.76. The largest absolute Gasteiger partial charge is 0.428 e. The Morgan fingerprint density at radius 1 is 0.524 bits per heavy atom. The van der Waals surface area contributed by atoms with E-state index in [0.29, 0.717) is 25.7 Å². The van der Waals surface area contributed by atoms with Crippen LogP contribution < -0.4 is 0 Å². The Bertz CT molecular complexity index is 846. The Morgan fingerprint density at radius 3 is 1.38 bits per heavy atom. The lowest BCUT2D eigenvalue weighted by Crippen LogP contribution is -2.62. The van der Waals surface area contributed by atoms with Crippen molar-refractivity contribution in [2.24, 2.45) is 35.5 Å². The van der Waals surface area contributed by atoms with Crippen LogP contribution in [0.3, 0.4) is 0 Å². The summed E-state index contributed by atoms with van der Waals surface area (Å²) in [5.41, 5.74) is -9.19. The maximum Gasteiger partial charge on any atom is 0.428 e. The molecule has 3 aliphatic carbocycles. The monoisotopic (exact) mass is 644 g/mol. The van der Waals surface area contributed by atoms with Gasteiger partial charge in [-0.2, -0.15) is 52.7 Å². The van der Waals surface area contributed by atoms with Gasteiger partial charge in [0.25, 0.3) is 11.2 Å². The highest BCUT2D eigenvalue weighted by molar-refractivity contribution is 5.05. The van der Waals surface area contributed by atoms with Crippen molar-refractivity contribution in [1.29, 1.82) is 0 Å². The number of hydrogen-bond donors (Lipinski definition) is 0. The molecule has 248 valence electrons. The van der Waals surface area contributed by atoms with Crippen LogP contribution in [0.2, 0.25) is 0 Å². The molecule has 0 spiro atoms. The van der Waals surface area contributed by atoms with Gasteiger partial charge >= 0.3 is 24.7 Å². The summed E-state index contributed by atoms with van der Waals surface area (Å²) in [5.74, 6) is -0.849. The molecule has 3 rings (SSSR count). The molecular formula is C24H32F12O6. The van der Waals surface area contributed by atoms with E-state index in [1.54, 1.807) is 0 Å². The van der Waals surface area contributed by atoms with Crippen LogP contribution in [-0.2, 0) is 28.4 Å². The van der Waals surface area contributed by atoms with Crippen LogP contribution in [0.1, 0.15) is 25.7 Å². The number of hydrogen-bond acceptors (Lipinski definition) is 6. The number of halogens is 12. The van der Waals surface area contributed by atoms with Crippen LogP contribution in [0, 0.1) is 35.5 Å². The van der Waals surface area contributed by atoms with Gasteiger partial charge in [0.15, 0.2) is 0 Å². The lowest BCUT2D eigenvalue weighted by molar-refractivity contribution is -0.402. The van der Waals surface area contributed by atoms with E-state index in [9.17, 15) is 52.7 Å². The molecule has 6 nitrogen and oxygen atoms in total. The minimum atomic E-state index is -5.85. The molecule has 42 heavy (non-hydrogen) atoms. The quantitative estimate of drug-likeness (QED) is 0.164. The lowest BCUT2D eigenvalue weighted by Gasteiger charge is -2.37. The molecule has 0 aromatic carbocycles. The van der Waals surface area contributed by atoms with Crippen molar-refractivity contribution in [2.75, 3.05) is 54.2 Å². The first-order valence-corrected chi connectivity index (χ1v) is 12.9. The number of methoxy groups -OCH3 is 2. The second-order valence-corrected chi connectivity index (χ2v) is 11.1. The molecule has 2 bridgehead atoms. The van der Waals surface area contributed by atoms with Crippen molar-refractivity contribution in [3.63, 3.8) is 0 Å². The summed E-state index contributed by atoms with van der Waals surface area (Å²) in [6.45, 7) is -7.08. The van der Waals surface area contributed by atoms with Crippen LogP contribution >= 0.6 is 0 Å². The van der Waals surface area contributed by atoms with Gasteiger partial charge in [0.2, 0.25) is 0 Å². The molecule has 18 heteroatoms. The van der Waals surface area contributed by atoms with Gasteiger partial charge in [0.1, 0.15) is 13.6 Å². The second kappa shape index (κ2) is 12.7. The van der Waals surface area contributed by atoms with E-state index in [4.69, 9.17) is 9.47 Å². The maximum atomic E-state index is 13.5. The molecule has 0 amide bonds. The number of fused-ring (bicyclic) bond motifs is 5. The first-order chi connectivity index (χ1) is 19.2. The third kappa shape index (κ3) is 6.77. The van der Waals surface area contributed by atoms with Gasteiger partial charge in [-0.25, -0.2) is 0 Å².